The van der Waals surface area contributed by atoms with E-state index in [1.807, 2.05) is 83.7 Å². The van der Waals surface area contributed by atoms with Crippen LogP contribution in [0.5, 0.6) is 11.5 Å². The predicted octanol–water partition coefficient (Wildman–Crippen LogP) is 6.52. The SMILES string of the molecule is COc1ccc(N=C2SC(=Cc3cccn3-c3ccc(O)cc3)C(=O)N2CCc2c[nH]c3ccccc23)cc1. The van der Waals surface area contributed by atoms with Gasteiger partial charge < -0.3 is 19.4 Å². The van der Waals surface area contributed by atoms with Gasteiger partial charge in [0.25, 0.3) is 5.91 Å². The molecule has 7 nitrogen and oxygen atoms in total. The molecule has 0 saturated carbocycles. The number of phenolic OH excluding ortho intramolecular Hbond substituents is 1. The van der Waals surface area contributed by atoms with Gasteiger partial charge in [-0.25, -0.2) is 4.99 Å². The van der Waals surface area contributed by atoms with Gasteiger partial charge in [0.05, 0.1) is 17.7 Å². The number of amidine groups is 1. The molecule has 1 saturated heterocycles. The lowest BCUT2D eigenvalue weighted by atomic mass is 10.1. The van der Waals surface area contributed by atoms with Crippen molar-refractivity contribution in [1.29, 1.82) is 0 Å². The zero-order chi connectivity index (χ0) is 26.8. The fourth-order valence-corrected chi connectivity index (χ4v) is 5.63. The van der Waals surface area contributed by atoms with Gasteiger partial charge in [0, 0.05) is 41.2 Å². The number of carbonyl (C=O) groups excluding carboxylic acids is 1. The van der Waals surface area contributed by atoms with Crippen molar-refractivity contribution in [2.75, 3.05) is 13.7 Å². The molecule has 2 N–H and O–H groups in total. The van der Waals surface area contributed by atoms with Crippen LogP contribution in [0.2, 0.25) is 0 Å². The number of H-pyrrole nitrogens is 1. The quantitative estimate of drug-likeness (QED) is 0.233. The maximum absolute atomic E-state index is 13.7. The number of hydrogen-bond acceptors (Lipinski definition) is 5. The normalized spacial score (nSPS) is 15.6. The number of nitrogens with one attached hydrogen (secondary N) is 1. The minimum atomic E-state index is -0.0782. The van der Waals surface area contributed by atoms with E-state index in [0.717, 1.165) is 39.3 Å². The summed E-state index contributed by atoms with van der Waals surface area (Å²) < 4.78 is 7.26. The largest absolute Gasteiger partial charge is 0.508 e. The minimum absolute atomic E-state index is 0.0782. The first kappa shape index (κ1) is 24.6. The maximum Gasteiger partial charge on any atom is 0.266 e. The lowest BCUT2D eigenvalue weighted by Crippen LogP contribution is -2.31. The number of aromatic amines is 1. The summed E-state index contributed by atoms with van der Waals surface area (Å²) in [5.41, 5.74) is 4.74. The summed E-state index contributed by atoms with van der Waals surface area (Å²) in [6.07, 6.45) is 6.54. The Bertz CT molecular complexity index is 1700. The Morgan fingerprint density at radius 1 is 1.00 bits per heavy atom. The number of fused-ring (bicyclic) bond motifs is 1. The first-order valence-corrected chi connectivity index (χ1v) is 13.4. The first-order chi connectivity index (χ1) is 19.1. The molecule has 0 unspecified atom stereocenters. The van der Waals surface area contributed by atoms with E-state index in [4.69, 9.17) is 9.73 Å². The van der Waals surface area contributed by atoms with E-state index in [-0.39, 0.29) is 11.7 Å². The Balaban J connectivity index is 1.32. The number of amides is 1. The number of hydrogen-bond donors (Lipinski definition) is 2. The van der Waals surface area contributed by atoms with Crippen molar-refractivity contribution in [3.63, 3.8) is 0 Å². The molecule has 194 valence electrons. The number of nitrogens with zero attached hydrogens (tertiary/aromatic N) is 3. The number of aromatic hydroxyl groups is 1. The molecular weight excluding hydrogens is 508 g/mol. The molecule has 1 fully saturated rings. The van der Waals surface area contributed by atoms with Crippen molar-refractivity contribution in [3.8, 4) is 17.2 Å². The minimum Gasteiger partial charge on any atom is -0.508 e. The third-order valence-corrected chi connectivity index (χ3v) is 7.66. The molecule has 1 aliphatic rings. The highest BCUT2D eigenvalue weighted by Crippen LogP contribution is 2.35. The van der Waals surface area contributed by atoms with Crippen LogP contribution in [0.25, 0.3) is 22.7 Å². The summed E-state index contributed by atoms with van der Waals surface area (Å²) in [7, 11) is 1.63. The van der Waals surface area contributed by atoms with Crippen LogP contribution >= 0.6 is 11.8 Å². The number of para-hydroxylation sites is 1. The fourth-order valence-electron chi connectivity index (χ4n) is 4.62. The van der Waals surface area contributed by atoms with Crippen molar-refractivity contribution in [1.82, 2.24) is 14.5 Å². The average molecular weight is 535 g/mol. The summed E-state index contributed by atoms with van der Waals surface area (Å²) in [5.74, 6) is 0.879. The zero-order valence-electron chi connectivity index (χ0n) is 21.2. The van der Waals surface area contributed by atoms with Crippen LogP contribution < -0.4 is 4.74 Å². The second kappa shape index (κ2) is 10.6. The number of thioether (sulfide) groups is 1. The van der Waals surface area contributed by atoms with Crippen LogP contribution in [0, 0.1) is 0 Å². The van der Waals surface area contributed by atoms with Gasteiger partial charge in [-0.05, 0) is 96.6 Å². The number of aromatic nitrogens is 2. The zero-order valence-corrected chi connectivity index (χ0v) is 22.1. The van der Waals surface area contributed by atoms with Gasteiger partial charge in [0.15, 0.2) is 5.17 Å². The highest BCUT2D eigenvalue weighted by Gasteiger charge is 2.33. The third kappa shape index (κ3) is 5.06. The van der Waals surface area contributed by atoms with Crippen molar-refractivity contribution < 1.29 is 14.6 Å². The summed E-state index contributed by atoms with van der Waals surface area (Å²) in [5, 5.41) is 11.5. The molecule has 2 aromatic heterocycles. The van der Waals surface area contributed by atoms with Crippen LogP contribution in [0.4, 0.5) is 5.69 Å². The first-order valence-electron chi connectivity index (χ1n) is 12.5. The Hall–Kier alpha value is -4.69. The molecule has 1 aliphatic heterocycles. The maximum atomic E-state index is 13.7. The molecule has 3 heterocycles. The van der Waals surface area contributed by atoms with E-state index in [1.54, 1.807) is 24.1 Å². The number of carbonyl (C=O) groups is 1. The van der Waals surface area contributed by atoms with Gasteiger partial charge in [0.1, 0.15) is 11.5 Å². The lowest BCUT2D eigenvalue weighted by Gasteiger charge is -2.15. The second-order valence-corrected chi connectivity index (χ2v) is 10.1. The van der Waals surface area contributed by atoms with E-state index in [0.29, 0.717) is 23.0 Å². The fraction of sp³-hybridized carbons (Fsp3) is 0.0968. The van der Waals surface area contributed by atoms with E-state index < -0.39 is 0 Å². The number of rotatable bonds is 7. The number of ether oxygens (including phenoxy) is 1. The Morgan fingerprint density at radius 2 is 1.79 bits per heavy atom. The summed E-state index contributed by atoms with van der Waals surface area (Å²) in [4.78, 5) is 24.3. The van der Waals surface area contributed by atoms with Crippen molar-refractivity contribution in [2.24, 2.45) is 4.99 Å². The van der Waals surface area contributed by atoms with Crippen LogP contribution in [-0.2, 0) is 11.2 Å². The van der Waals surface area contributed by atoms with Crippen molar-refractivity contribution in [3.05, 3.63) is 113 Å². The van der Waals surface area contributed by atoms with Gasteiger partial charge >= 0.3 is 0 Å². The highest BCUT2D eigenvalue weighted by molar-refractivity contribution is 8.18. The van der Waals surface area contributed by atoms with Crippen LogP contribution in [0.1, 0.15) is 11.3 Å². The number of benzene rings is 3. The van der Waals surface area contributed by atoms with Gasteiger partial charge in [-0.2, -0.15) is 0 Å². The average Bonchev–Trinajstić information content (AvgIpc) is 3.67. The molecule has 0 bridgehead atoms. The summed E-state index contributed by atoms with van der Waals surface area (Å²) >= 11 is 1.37. The molecule has 1 amide bonds. The van der Waals surface area contributed by atoms with Gasteiger partial charge in [0.2, 0.25) is 0 Å². The molecule has 3 aromatic carbocycles. The van der Waals surface area contributed by atoms with Gasteiger partial charge in [-0.3, -0.25) is 9.69 Å². The molecule has 0 atom stereocenters. The summed E-state index contributed by atoms with van der Waals surface area (Å²) in [6.45, 7) is 0.499. The molecule has 0 spiro atoms. The van der Waals surface area contributed by atoms with Crippen molar-refractivity contribution >= 4 is 45.5 Å². The second-order valence-electron chi connectivity index (χ2n) is 9.09. The molecule has 5 aromatic rings. The number of methoxy groups -OCH3 is 1. The molecule has 0 radical (unpaired) electrons. The lowest BCUT2D eigenvalue weighted by molar-refractivity contribution is -0.122. The van der Waals surface area contributed by atoms with Crippen molar-refractivity contribution in [2.45, 2.75) is 6.42 Å². The van der Waals surface area contributed by atoms with Crippen LogP contribution in [0.15, 0.2) is 107 Å². The third-order valence-electron chi connectivity index (χ3n) is 6.65. The Labute approximate surface area is 230 Å². The highest BCUT2D eigenvalue weighted by atomic mass is 32.2. The monoisotopic (exact) mass is 534 g/mol. The van der Waals surface area contributed by atoms with Crippen LogP contribution in [-0.4, -0.2) is 44.3 Å². The number of aliphatic imine (C=N–C) groups is 1. The van der Waals surface area contributed by atoms with E-state index in [1.165, 1.54) is 11.8 Å². The topological polar surface area (TPSA) is 82.8 Å². The molecule has 6 rings (SSSR count). The van der Waals surface area contributed by atoms with E-state index in [2.05, 4.69) is 17.1 Å². The van der Waals surface area contributed by atoms with Gasteiger partial charge in [-0.15, -0.1) is 0 Å². The van der Waals surface area contributed by atoms with Crippen LogP contribution in [0.3, 0.4) is 0 Å². The smallest absolute Gasteiger partial charge is 0.266 e. The predicted molar refractivity (Wildman–Crippen MR) is 157 cm³/mol. The van der Waals surface area contributed by atoms with E-state index >= 15 is 0 Å². The molecule has 8 heteroatoms. The molecule has 39 heavy (non-hydrogen) atoms. The number of phenols is 1. The molecule has 0 aliphatic carbocycles. The van der Waals surface area contributed by atoms with E-state index in [9.17, 15) is 9.90 Å². The Kier molecular flexibility index (Phi) is 6.69. The molecular formula is C31H26N4O3S. The Morgan fingerprint density at radius 3 is 2.59 bits per heavy atom. The summed E-state index contributed by atoms with van der Waals surface area (Å²) in [6, 6.07) is 26.5. The van der Waals surface area contributed by atoms with Gasteiger partial charge in [-0.1, -0.05) is 18.2 Å². The standard InChI is InChI=1S/C31H26N4O3S/c1-38-26-14-8-22(9-15-26)33-31-35(18-16-21-20-32-28-7-3-2-6-27(21)28)30(37)29(39-31)19-24-5-4-17-34(24)23-10-12-25(36)13-11-23/h2-15,17,19-20,32,36H,16,18H2,1H3.